The van der Waals surface area contributed by atoms with Crippen LogP contribution in [0.3, 0.4) is 0 Å². The van der Waals surface area contributed by atoms with Gasteiger partial charge < -0.3 is 26.6 Å². The zero-order chi connectivity index (χ0) is 17.3. The summed E-state index contributed by atoms with van der Waals surface area (Å²) in [5, 5.41) is 0. The Hall–Kier alpha value is 0.411. The molecule has 0 aromatic carbocycles. The zero-order valence-electron chi connectivity index (χ0n) is 15.5. The van der Waals surface area contributed by atoms with E-state index in [2.05, 4.69) is 20.8 Å². The lowest BCUT2D eigenvalue weighted by Crippen LogP contribution is -2.42. The molecule has 9 heteroatoms. The number of hydrogen-bond donors (Lipinski definition) is 0. The molecule has 0 rings (SSSR count). The molecule has 6 nitrogen and oxygen atoms in total. The van der Waals surface area contributed by atoms with Crippen LogP contribution in [0, 0.1) is 5.92 Å². The van der Waals surface area contributed by atoms with E-state index < -0.39 is 27.9 Å². The summed E-state index contributed by atoms with van der Waals surface area (Å²) in [6, 6.07) is 0. The van der Waals surface area contributed by atoms with Gasteiger partial charge in [0, 0.05) is 59.3 Å². The van der Waals surface area contributed by atoms with Crippen molar-refractivity contribution in [1.29, 1.82) is 0 Å². The summed E-state index contributed by atoms with van der Waals surface area (Å²) in [6.07, 6.45) is 0. The Morgan fingerprint density at radius 2 is 0.636 bits per heavy atom. The molecule has 0 aromatic rings. The lowest BCUT2D eigenvalue weighted by Gasteiger charge is -2.39. The maximum absolute atomic E-state index is 5.62. The normalized spacial score (nSPS) is 18.0. The highest BCUT2D eigenvalue weighted by Crippen LogP contribution is 2.44. The van der Waals surface area contributed by atoms with Crippen LogP contribution >= 0.6 is 0 Å². The molecule has 0 aliphatic carbocycles. The SMILES string of the molecule is CO[SiH](OC)C(C)C(C(C)[SiH](OC)OC)C(C)[SiH](OC)OC. The van der Waals surface area contributed by atoms with Crippen molar-refractivity contribution in [1.82, 2.24) is 0 Å². The molecule has 0 N–H and O–H groups in total. The van der Waals surface area contributed by atoms with E-state index in [1.165, 1.54) is 0 Å². The molecule has 0 saturated heterocycles. The fraction of sp³-hybridized carbons (Fsp3) is 1.00. The fourth-order valence-corrected chi connectivity index (χ4v) is 10.7. The van der Waals surface area contributed by atoms with Crippen molar-refractivity contribution in [3.05, 3.63) is 0 Å². The molecule has 0 aromatic heterocycles. The molecule has 134 valence electrons. The number of rotatable bonds is 12. The van der Waals surface area contributed by atoms with Gasteiger partial charge in [0.25, 0.3) is 0 Å². The molecule has 3 atom stereocenters. The standard InChI is InChI=1S/C13H34O6Si3/c1-10(20(14-4)15-5)13(11(2)21(16-6)17-7)12(3)22(18-8)19-9/h10-13,20-22H,1-9H3. The smallest absolute Gasteiger partial charge is 0.324 e. The highest BCUT2D eigenvalue weighted by molar-refractivity contribution is 6.51. The second-order valence-electron chi connectivity index (χ2n) is 5.67. The first kappa shape index (κ1) is 22.4. The maximum atomic E-state index is 5.62. The average molecular weight is 371 g/mol. The van der Waals surface area contributed by atoms with Crippen molar-refractivity contribution in [3.8, 4) is 0 Å². The molecule has 0 spiro atoms. The molecule has 0 radical (unpaired) electrons. The first-order valence-electron chi connectivity index (χ1n) is 7.60. The lowest BCUT2D eigenvalue weighted by molar-refractivity contribution is 0.208. The Morgan fingerprint density at radius 3 is 0.773 bits per heavy atom. The second kappa shape index (κ2) is 11.9. The summed E-state index contributed by atoms with van der Waals surface area (Å²) >= 11 is 0. The van der Waals surface area contributed by atoms with Gasteiger partial charge in [0.1, 0.15) is 0 Å². The van der Waals surface area contributed by atoms with Gasteiger partial charge in [-0.15, -0.1) is 0 Å². The van der Waals surface area contributed by atoms with Gasteiger partial charge >= 0.3 is 27.9 Å². The molecular formula is C13H34O6Si3. The van der Waals surface area contributed by atoms with Crippen LogP contribution in [-0.2, 0) is 26.6 Å². The molecule has 0 saturated carbocycles. The van der Waals surface area contributed by atoms with Crippen LogP contribution in [0.4, 0.5) is 0 Å². The van der Waals surface area contributed by atoms with Gasteiger partial charge in [-0.2, -0.15) is 0 Å². The van der Waals surface area contributed by atoms with Crippen molar-refractivity contribution in [2.75, 3.05) is 42.7 Å². The van der Waals surface area contributed by atoms with Crippen molar-refractivity contribution < 1.29 is 26.6 Å². The summed E-state index contributed by atoms with van der Waals surface area (Å²) in [4.78, 5) is 0. The van der Waals surface area contributed by atoms with Crippen LogP contribution in [0.2, 0.25) is 16.6 Å². The highest BCUT2D eigenvalue weighted by atomic mass is 28.3. The van der Waals surface area contributed by atoms with E-state index in [1.54, 1.807) is 42.7 Å². The Labute approximate surface area is 140 Å². The van der Waals surface area contributed by atoms with Crippen molar-refractivity contribution in [2.24, 2.45) is 5.92 Å². The van der Waals surface area contributed by atoms with Gasteiger partial charge in [-0.1, -0.05) is 20.8 Å². The molecule has 0 aliphatic heterocycles. The van der Waals surface area contributed by atoms with Gasteiger partial charge in [-0.3, -0.25) is 0 Å². The molecule has 22 heavy (non-hydrogen) atoms. The molecule has 0 bridgehead atoms. The van der Waals surface area contributed by atoms with E-state index in [0.717, 1.165) is 0 Å². The summed E-state index contributed by atoms with van der Waals surface area (Å²) in [7, 11) is 5.09. The Morgan fingerprint density at radius 1 is 0.455 bits per heavy atom. The van der Waals surface area contributed by atoms with Crippen LogP contribution in [0.15, 0.2) is 0 Å². The fourth-order valence-electron chi connectivity index (χ4n) is 3.56. The van der Waals surface area contributed by atoms with Crippen LogP contribution < -0.4 is 0 Å². The summed E-state index contributed by atoms with van der Waals surface area (Å²) in [5.41, 5.74) is 0.918. The third-order valence-electron chi connectivity index (χ3n) is 4.50. The zero-order valence-corrected chi connectivity index (χ0v) is 19.0. The highest BCUT2D eigenvalue weighted by Gasteiger charge is 2.43. The Balaban J connectivity index is 5.45. The lowest BCUT2D eigenvalue weighted by atomic mass is 9.98. The topological polar surface area (TPSA) is 55.4 Å². The molecule has 0 heterocycles. The molecular weight excluding hydrogens is 336 g/mol. The van der Waals surface area contributed by atoms with Crippen molar-refractivity contribution >= 4 is 27.9 Å². The van der Waals surface area contributed by atoms with E-state index in [4.69, 9.17) is 26.6 Å². The van der Waals surface area contributed by atoms with E-state index in [9.17, 15) is 0 Å². The molecule has 0 amide bonds. The Bertz CT molecular complexity index is 232. The first-order valence-corrected chi connectivity index (χ1v) is 12.4. The van der Waals surface area contributed by atoms with Crippen LogP contribution in [0.5, 0.6) is 0 Å². The minimum Gasteiger partial charge on any atom is -0.400 e. The predicted octanol–water partition coefficient (Wildman–Crippen LogP) is 1.31. The predicted molar refractivity (Wildman–Crippen MR) is 95.3 cm³/mol. The third-order valence-corrected chi connectivity index (χ3v) is 11.2. The average Bonchev–Trinajstić information content (AvgIpc) is 2.51. The number of hydrogen-bond acceptors (Lipinski definition) is 6. The quantitative estimate of drug-likeness (QED) is 0.483. The van der Waals surface area contributed by atoms with E-state index >= 15 is 0 Å². The van der Waals surface area contributed by atoms with Crippen LogP contribution in [0.25, 0.3) is 0 Å². The molecule has 0 fully saturated rings. The van der Waals surface area contributed by atoms with E-state index in [-0.39, 0.29) is 0 Å². The first-order chi connectivity index (χ1) is 10.4. The van der Waals surface area contributed by atoms with Crippen LogP contribution in [-0.4, -0.2) is 70.5 Å². The summed E-state index contributed by atoms with van der Waals surface area (Å²) in [5.74, 6) is 0.324. The molecule has 0 aliphatic rings. The van der Waals surface area contributed by atoms with E-state index in [1.807, 2.05) is 0 Å². The van der Waals surface area contributed by atoms with Gasteiger partial charge in [-0.25, -0.2) is 0 Å². The summed E-state index contributed by atoms with van der Waals surface area (Å²) in [6.45, 7) is 6.61. The summed E-state index contributed by atoms with van der Waals surface area (Å²) < 4.78 is 33.7. The maximum Gasteiger partial charge on any atom is 0.324 e. The van der Waals surface area contributed by atoms with Gasteiger partial charge in [0.15, 0.2) is 0 Å². The van der Waals surface area contributed by atoms with Crippen molar-refractivity contribution in [2.45, 2.75) is 37.4 Å². The Kier molecular flexibility index (Phi) is 12.1. The van der Waals surface area contributed by atoms with Gasteiger partial charge in [-0.05, 0) is 5.92 Å². The second-order valence-corrected chi connectivity index (χ2v) is 13.9. The molecule has 3 unspecified atom stereocenters. The monoisotopic (exact) mass is 370 g/mol. The van der Waals surface area contributed by atoms with Gasteiger partial charge in [0.05, 0.1) is 0 Å². The van der Waals surface area contributed by atoms with Gasteiger partial charge in [0.2, 0.25) is 0 Å². The third kappa shape index (κ3) is 5.80. The minimum atomic E-state index is -1.76. The van der Waals surface area contributed by atoms with Crippen molar-refractivity contribution in [3.63, 3.8) is 0 Å². The largest absolute Gasteiger partial charge is 0.400 e. The van der Waals surface area contributed by atoms with E-state index in [0.29, 0.717) is 22.5 Å². The van der Waals surface area contributed by atoms with Crippen LogP contribution in [0.1, 0.15) is 20.8 Å². The minimum absolute atomic E-state index is 0.306.